The first-order valence-corrected chi connectivity index (χ1v) is 7.94. The number of hydrogen-bond donors (Lipinski definition) is 1. The van der Waals surface area contributed by atoms with Crippen molar-refractivity contribution < 1.29 is 13.6 Å². The van der Waals surface area contributed by atoms with Crippen molar-refractivity contribution in [3.63, 3.8) is 0 Å². The van der Waals surface area contributed by atoms with Crippen LogP contribution in [0.1, 0.15) is 51.0 Å². The fourth-order valence-electron chi connectivity index (χ4n) is 2.14. The summed E-state index contributed by atoms with van der Waals surface area (Å²) in [5, 5.41) is 11.6. The molecule has 1 aromatic carbocycles. The number of unbranched alkanes of at least 4 members (excludes halogenated alkanes) is 5. The Kier molecular flexibility index (Phi) is 8.59. The molecule has 0 radical (unpaired) electrons. The Hall–Kier alpha value is -2.22. The third-order valence-electron chi connectivity index (χ3n) is 3.47. The van der Waals surface area contributed by atoms with Crippen LogP contribution in [0.3, 0.4) is 0 Å². The molecule has 0 aromatic heterocycles. The minimum Gasteiger partial charge on any atom is -0.351 e. The maximum absolute atomic E-state index is 13.5. The van der Waals surface area contributed by atoms with Gasteiger partial charge in [0.15, 0.2) is 0 Å². The Morgan fingerprint density at radius 2 is 1.78 bits per heavy atom. The molecule has 0 spiro atoms. The number of carbonyl (C=O) groups excluding carboxylic acids is 1. The molecule has 0 aliphatic rings. The van der Waals surface area contributed by atoms with Gasteiger partial charge in [-0.2, -0.15) is 5.26 Å². The van der Waals surface area contributed by atoms with Crippen molar-refractivity contribution in [1.82, 2.24) is 5.32 Å². The maximum Gasteiger partial charge on any atom is 0.261 e. The monoisotopic (exact) mass is 320 g/mol. The third kappa shape index (κ3) is 6.60. The third-order valence-corrected chi connectivity index (χ3v) is 3.47. The summed E-state index contributed by atoms with van der Waals surface area (Å²) in [5.41, 5.74) is -0.682. The molecule has 3 nitrogen and oxygen atoms in total. The smallest absolute Gasteiger partial charge is 0.261 e. The molecule has 1 aromatic rings. The number of nitrogens with zero attached hydrogens (tertiary/aromatic N) is 1. The molecule has 0 unspecified atom stereocenters. The lowest BCUT2D eigenvalue weighted by Crippen LogP contribution is -2.25. The molecule has 1 amide bonds. The number of nitrogens with one attached hydrogen (secondary N) is 1. The molecule has 124 valence electrons. The molecule has 0 heterocycles. The van der Waals surface area contributed by atoms with Gasteiger partial charge in [0.05, 0.1) is 0 Å². The van der Waals surface area contributed by atoms with Gasteiger partial charge in [-0.1, -0.05) is 45.1 Å². The largest absolute Gasteiger partial charge is 0.351 e. The normalized spacial score (nSPS) is 11.1. The molecular formula is C18H22F2N2O. The lowest BCUT2D eigenvalue weighted by Gasteiger charge is -2.05. The minimum absolute atomic E-state index is 0.306. The fraction of sp³-hybridized carbons (Fsp3) is 0.444. The number of amides is 1. The van der Waals surface area contributed by atoms with Crippen LogP contribution in [0.15, 0.2) is 23.8 Å². The van der Waals surface area contributed by atoms with Crippen molar-refractivity contribution in [3.05, 3.63) is 41.0 Å². The van der Waals surface area contributed by atoms with Crippen LogP contribution >= 0.6 is 0 Å². The van der Waals surface area contributed by atoms with Gasteiger partial charge >= 0.3 is 0 Å². The van der Waals surface area contributed by atoms with Crippen molar-refractivity contribution in [3.8, 4) is 6.07 Å². The van der Waals surface area contributed by atoms with E-state index in [1.54, 1.807) is 6.07 Å². The summed E-state index contributed by atoms with van der Waals surface area (Å²) in [5.74, 6) is -2.22. The Morgan fingerprint density at radius 3 is 2.39 bits per heavy atom. The van der Waals surface area contributed by atoms with Crippen LogP contribution in [0.4, 0.5) is 8.78 Å². The second-order valence-electron chi connectivity index (χ2n) is 5.33. The van der Waals surface area contributed by atoms with Crippen LogP contribution in [0.5, 0.6) is 0 Å². The van der Waals surface area contributed by atoms with E-state index in [2.05, 4.69) is 12.2 Å². The second kappa shape index (κ2) is 10.5. The van der Waals surface area contributed by atoms with Gasteiger partial charge in [0, 0.05) is 12.1 Å². The zero-order valence-corrected chi connectivity index (χ0v) is 13.4. The van der Waals surface area contributed by atoms with Crippen LogP contribution < -0.4 is 5.32 Å². The maximum atomic E-state index is 13.5. The first kappa shape index (κ1) is 18.8. The van der Waals surface area contributed by atoms with Crippen molar-refractivity contribution in [2.45, 2.75) is 45.4 Å². The van der Waals surface area contributed by atoms with Crippen molar-refractivity contribution in [2.24, 2.45) is 0 Å². The van der Waals surface area contributed by atoms with Crippen molar-refractivity contribution in [2.75, 3.05) is 6.54 Å². The highest BCUT2D eigenvalue weighted by Crippen LogP contribution is 2.16. The molecule has 0 atom stereocenters. The highest BCUT2D eigenvalue weighted by atomic mass is 19.1. The van der Waals surface area contributed by atoms with E-state index in [1.807, 2.05) is 0 Å². The summed E-state index contributed by atoms with van der Waals surface area (Å²) in [7, 11) is 0. The molecule has 0 saturated heterocycles. The SMILES string of the molecule is CCCCCCCCNC(=O)C(C#N)=Cc1c(F)cccc1F. The molecule has 1 N–H and O–H groups in total. The Morgan fingerprint density at radius 1 is 1.17 bits per heavy atom. The average Bonchev–Trinajstić information content (AvgIpc) is 2.53. The number of benzene rings is 1. The van der Waals surface area contributed by atoms with Gasteiger partial charge in [0.1, 0.15) is 23.3 Å². The first-order valence-electron chi connectivity index (χ1n) is 7.94. The zero-order valence-electron chi connectivity index (χ0n) is 13.4. The van der Waals surface area contributed by atoms with E-state index in [4.69, 9.17) is 5.26 Å². The van der Waals surface area contributed by atoms with Gasteiger partial charge in [0.2, 0.25) is 0 Å². The topological polar surface area (TPSA) is 52.9 Å². The summed E-state index contributed by atoms with van der Waals surface area (Å²) in [4.78, 5) is 11.9. The number of halogens is 2. The summed E-state index contributed by atoms with van der Waals surface area (Å²) < 4.78 is 27.1. The van der Waals surface area contributed by atoms with Gasteiger partial charge in [-0.15, -0.1) is 0 Å². The molecule has 0 aliphatic heterocycles. The van der Waals surface area contributed by atoms with Gasteiger partial charge in [-0.3, -0.25) is 4.79 Å². The minimum atomic E-state index is -0.804. The van der Waals surface area contributed by atoms with E-state index >= 15 is 0 Å². The summed E-state index contributed by atoms with van der Waals surface area (Å²) >= 11 is 0. The summed E-state index contributed by atoms with van der Waals surface area (Å²) in [6, 6.07) is 5.08. The standard InChI is InChI=1S/C18H22F2N2O/c1-2-3-4-5-6-7-11-22-18(23)14(13-21)12-15-16(19)9-8-10-17(15)20/h8-10,12H,2-7,11H2,1H3,(H,22,23). The Labute approximate surface area is 136 Å². The summed E-state index contributed by atoms with van der Waals surface area (Å²) in [6.07, 6.45) is 7.46. The number of nitriles is 1. The van der Waals surface area contributed by atoms with E-state index < -0.39 is 17.5 Å². The fourth-order valence-corrected chi connectivity index (χ4v) is 2.14. The Bertz CT molecular complexity index is 571. The lowest BCUT2D eigenvalue weighted by molar-refractivity contribution is -0.117. The predicted molar refractivity (Wildman–Crippen MR) is 86.3 cm³/mol. The molecule has 23 heavy (non-hydrogen) atoms. The highest BCUT2D eigenvalue weighted by Gasteiger charge is 2.12. The molecule has 0 bridgehead atoms. The van der Waals surface area contributed by atoms with E-state index in [9.17, 15) is 13.6 Å². The van der Waals surface area contributed by atoms with Crippen LogP contribution in [-0.4, -0.2) is 12.5 Å². The second-order valence-corrected chi connectivity index (χ2v) is 5.33. The molecular weight excluding hydrogens is 298 g/mol. The van der Waals surface area contributed by atoms with E-state index in [-0.39, 0.29) is 11.1 Å². The van der Waals surface area contributed by atoms with Gasteiger partial charge in [0.25, 0.3) is 5.91 Å². The molecule has 0 fully saturated rings. The highest BCUT2D eigenvalue weighted by molar-refractivity contribution is 6.01. The van der Waals surface area contributed by atoms with Crippen molar-refractivity contribution >= 4 is 12.0 Å². The number of carbonyl (C=O) groups is 1. The average molecular weight is 320 g/mol. The lowest BCUT2D eigenvalue weighted by atomic mass is 10.1. The molecule has 1 rings (SSSR count). The number of rotatable bonds is 9. The van der Waals surface area contributed by atoms with Crippen LogP contribution in [0.25, 0.3) is 6.08 Å². The molecule has 0 saturated carbocycles. The quantitative estimate of drug-likeness (QED) is 0.418. The predicted octanol–water partition coefficient (Wildman–Crippen LogP) is 4.35. The first-order chi connectivity index (χ1) is 11.1. The molecule has 0 aliphatic carbocycles. The number of hydrogen-bond acceptors (Lipinski definition) is 2. The van der Waals surface area contributed by atoms with E-state index in [0.29, 0.717) is 6.54 Å². The summed E-state index contributed by atoms with van der Waals surface area (Å²) in [6.45, 7) is 2.60. The van der Waals surface area contributed by atoms with Crippen molar-refractivity contribution in [1.29, 1.82) is 5.26 Å². The zero-order chi connectivity index (χ0) is 17.1. The van der Waals surface area contributed by atoms with Crippen LogP contribution in [0, 0.1) is 23.0 Å². The van der Waals surface area contributed by atoms with Gasteiger partial charge in [-0.25, -0.2) is 8.78 Å². The van der Waals surface area contributed by atoms with E-state index in [0.717, 1.165) is 37.5 Å². The Balaban J connectivity index is 2.53. The van der Waals surface area contributed by atoms with E-state index in [1.165, 1.54) is 25.3 Å². The molecule has 5 heteroatoms. The van der Waals surface area contributed by atoms with Gasteiger partial charge in [-0.05, 0) is 24.6 Å². The van der Waals surface area contributed by atoms with Crippen LogP contribution in [-0.2, 0) is 4.79 Å². The van der Waals surface area contributed by atoms with Crippen LogP contribution in [0.2, 0.25) is 0 Å². The van der Waals surface area contributed by atoms with Gasteiger partial charge < -0.3 is 5.32 Å².